The van der Waals surface area contributed by atoms with E-state index in [-0.39, 0.29) is 16.7 Å². The summed E-state index contributed by atoms with van der Waals surface area (Å²) in [6.07, 6.45) is -3.66. The minimum atomic E-state index is -1.30. The van der Waals surface area contributed by atoms with E-state index in [0.717, 1.165) is 6.92 Å². The molecule has 10 nitrogen and oxygen atoms in total. The monoisotopic (exact) mass is 521 g/mol. The van der Waals surface area contributed by atoms with Crippen molar-refractivity contribution in [2.45, 2.75) is 32.2 Å². The number of benzene rings is 3. The Labute approximate surface area is 219 Å². The van der Waals surface area contributed by atoms with Gasteiger partial charge in [-0.25, -0.2) is 14.4 Å². The highest BCUT2D eigenvalue weighted by Gasteiger charge is 2.36. The van der Waals surface area contributed by atoms with Crippen LogP contribution < -0.4 is 5.64 Å². The number of nitrogens with one attached hydrogen (secondary N) is 1. The van der Waals surface area contributed by atoms with Crippen molar-refractivity contribution < 1.29 is 43.1 Å². The maximum atomic E-state index is 12.9. The molecule has 0 fully saturated rings. The first-order valence-corrected chi connectivity index (χ1v) is 11.7. The molecule has 0 spiro atoms. The topological polar surface area (TPSA) is 126 Å². The van der Waals surface area contributed by atoms with Gasteiger partial charge in [-0.1, -0.05) is 54.6 Å². The van der Waals surface area contributed by atoms with Crippen molar-refractivity contribution in [3.63, 3.8) is 0 Å². The standard InChI is InChI=1S/C28H27NO9/c1-19(35-27(32)22-14-8-4-9-15-22)25(36-28(33)23-16-10-5-11-17-23)24(38-29-37-20(2)30)18-34-26(31)21-12-6-3-7-13-21/h3-17,19,24-25,29H,18H2,1-2H3/t19-,24-,25+/m0/s1. The highest BCUT2D eigenvalue weighted by atomic mass is 16.9. The number of rotatable bonds is 12. The molecular formula is C28H27NO9. The van der Waals surface area contributed by atoms with Gasteiger partial charge in [0.25, 0.3) is 0 Å². The average molecular weight is 522 g/mol. The van der Waals surface area contributed by atoms with E-state index in [1.165, 1.54) is 6.92 Å². The third-order valence-electron chi connectivity index (χ3n) is 5.16. The molecule has 0 aromatic heterocycles. The molecular weight excluding hydrogens is 494 g/mol. The molecule has 0 unspecified atom stereocenters. The highest BCUT2D eigenvalue weighted by molar-refractivity contribution is 5.90. The third kappa shape index (κ3) is 8.54. The molecule has 3 rings (SSSR count). The van der Waals surface area contributed by atoms with E-state index in [4.69, 9.17) is 19.0 Å². The fourth-order valence-electron chi connectivity index (χ4n) is 3.27. The number of carbonyl (C=O) groups excluding carboxylic acids is 4. The van der Waals surface area contributed by atoms with E-state index in [1.807, 2.05) is 5.64 Å². The number of carbonyl (C=O) groups is 4. The van der Waals surface area contributed by atoms with Gasteiger partial charge >= 0.3 is 23.9 Å². The van der Waals surface area contributed by atoms with Gasteiger partial charge in [0.05, 0.1) is 16.7 Å². The summed E-state index contributed by atoms with van der Waals surface area (Å²) in [4.78, 5) is 59.5. The van der Waals surface area contributed by atoms with Gasteiger partial charge in [0.15, 0.2) is 12.2 Å². The summed E-state index contributed by atoms with van der Waals surface area (Å²) in [5.74, 6) is -2.80. The van der Waals surface area contributed by atoms with Gasteiger partial charge in [-0.2, -0.15) is 0 Å². The van der Waals surface area contributed by atoms with Crippen molar-refractivity contribution in [1.82, 2.24) is 5.64 Å². The van der Waals surface area contributed by atoms with Crippen molar-refractivity contribution >= 4 is 23.9 Å². The molecule has 38 heavy (non-hydrogen) atoms. The van der Waals surface area contributed by atoms with Gasteiger partial charge in [0, 0.05) is 6.92 Å². The molecule has 0 saturated heterocycles. The van der Waals surface area contributed by atoms with Crippen LogP contribution in [0.4, 0.5) is 0 Å². The Morgan fingerprint density at radius 1 is 0.684 bits per heavy atom. The van der Waals surface area contributed by atoms with Crippen LogP contribution in [-0.2, 0) is 28.7 Å². The second kappa shape index (κ2) is 14.3. The molecule has 0 bridgehead atoms. The van der Waals surface area contributed by atoms with Crippen LogP contribution in [0, 0.1) is 0 Å². The third-order valence-corrected chi connectivity index (χ3v) is 5.16. The van der Waals surface area contributed by atoms with Crippen molar-refractivity contribution in [1.29, 1.82) is 0 Å². The van der Waals surface area contributed by atoms with Crippen LogP contribution in [0.3, 0.4) is 0 Å². The molecule has 0 aliphatic rings. The van der Waals surface area contributed by atoms with E-state index < -0.39 is 48.8 Å². The molecule has 0 amide bonds. The molecule has 3 aromatic rings. The van der Waals surface area contributed by atoms with Crippen LogP contribution in [0.2, 0.25) is 0 Å². The van der Waals surface area contributed by atoms with E-state index >= 15 is 0 Å². The Bertz CT molecular complexity index is 1200. The van der Waals surface area contributed by atoms with Gasteiger partial charge in [0.2, 0.25) is 0 Å². The van der Waals surface area contributed by atoms with E-state index in [0.29, 0.717) is 0 Å². The zero-order valence-corrected chi connectivity index (χ0v) is 20.8. The van der Waals surface area contributed by atoms with Gasteiger partial charge in [-0.05, 0) is 49.0 Å². The molecule has 1 N–H and O–H groups in total. The highest BCUT2D eigenvalue weighted by Crippen LogP contribution is 2.18. The second-order valence-electron chi connectivity index (χ2n) is 8.01. The lowest BCUT2D eigenvalue weighted by molar-refractivity contribution is -0.229. The molecule has 198 valence electrons. The maximum absolute atomic E-state index is 12.9. The molecule has 3 atom stereocenters. The summed E-state index contributed by atoms with van der Waals surface area (Å²) in [5.41, 5.74) is 2.79. The Morgan fingerprint density at radius 2 is 1.13 bits per heavy atom. The summed E-state index contributed by atoms with van der Waals surface area (Å²) in [6.45, 7) is 2.17. The molecule has 0 radical (unpaired) electrons. The predicted octanol–water partition coefficient (Wildman–Crippen LogP) is 3.68. The number of hydrogen-bond donors (Lipinski definition) is 1. The summed E-state index contributed by atoms with van der Waals surface area (Å²) in [6, 6.07) is 24.6. The van der Waals surface area contributed by atoms with Gasteiger partial charge in [0.1, 0.15) is 12.7 Å². The minimum absolute atomic E-state index is 0.229. The van der Waals surface area contributed by atoms with Crippen molar-refractivity contribution in [2.75, 3.05) is 6.61 Å². The van der Waals surface area contributed by atoms with Gasteiger partial charge < -0.3 is 19.0 Å². The first kappa shape index (κ1) is 28.0. The van der Waals surface area contributed by atoms with Crippen LogP contribution in [-0.4, -0.2) is 48.8 Å². The number of ether oxygens (including phenoxy) is 3. The van der Waals surface area contributed by atoms with Crippen LogP contribution >= 0.6 is 0 Å². The Morgan fingerprint density at radius 3 is 1.61 bits per heavy atom. The van der Waals surface area contributed by atoms with E-state index in [2.05, 4.69) is 4.84 Å². The van der Waals surface area contributed by atoms with Crippen molar-refractivity contribution in [3.8, 4) is 0 Å². The molecule has 10 heteroatoms. The number of hydrogen-bond acceptors (Lipinski definition) is 10. The summed E-state index contributed by atoms with van der Waals surface area (Å²) >= 11 is 0. The lowest BCUT2D eigenvalue weighted by Crippen LogP contribution is -2.48. The molecule has 0 heterocycles. The lowest BCUT2D eigenvalue weighted by Gasteiger charge is -2.30. The van der Waals surface area contributed by atoms with Crippen LogP contribution in [0.15, 0.2) is 91.0 Å². The predicted molar refractivity (Wildman–Crippen MR) is 133 cm³/mol. The van der Waals surface area contributed by atoms with Crippen LogP contribution in [0.25, 0.3) is 0 Å². The smallest absolute Gasteiger partial charge is 0.338 e. The lowest BCUT2D eigenvalue weighted by atomic mass is 10.1. The minimum Gasteiger partial charge on any atom is -0.459 e. The van der Waals surface area contributed by atoms with E-state index in [1.54, 1.807) is 91.0 Å². The Kier molecular flexibility index (Phi) is 10.5. The fourth-order valence-corrected chi connectivity index (χ4v) is 3.27. The average Bonchev–Trinajstić information content (AvgIpc) is 2.94. The summed E-state index contributed by atoms with van der Waals surface area (Å²) < 4.78 is 16.6. The SMILES string of the molecule is CC(=O)ONO[C@@H](COC(=O)c1ccccc1)[C@H](OC(=O)c1ccccc1)[C@H](C)OC(=O)c1ccccc1. The van der Waals surface area contributed by atoms with Gasteiger partial charge in [-0.3, -0.25) is 9.63 Å². The van der Waals surface area contributed by atoms with Crippen LogP contribution in [0.1, 0.15) is 44.9 Å². The quantitative estimate of drug-likeness (QED) is 0.214. The van der Waals surface area contributed by atoms with Crippen LogP contribution in [0.5, 0.6) is 0 Å². The largest absolute Gasteiger partial charge is 0.459 e. The normalized spacial score (nSPS) is 12.9. The van der Waals surface area contributed by atoms with Gasteiger partial charge in [-0.15, -0.1) is 0 Å². The second-order valence-corrected chi connectivity index (χ2v) is 8.01. The Hall–Kier alpha value is -4.54. The zero-order valence-electron chi connectivity index (χ0n) is 20.8. The fraction of sp³-hybridized carbons (Fsp3) is 0.214. The molecule has 0 aliphatic heterocycles. The summed E-state index contributed by atoms with van der Waals surface area (Å²) in [7, 11) is 0. The molecule has 0 saturated carbocycles. The van der Waals surface area contributed by atoms with Crippen molar-refractivity contribution in [3.05, 3.63) is 108 Å². The summed E-state index contributed by atoms with van der Waals surface area (Å²) in [5, 5.41) is 0. The van der Waals surface area contributed by atoms with E-state index in [9.17, 15) is 19.2 Å². The zero-order chi connectivity index (χ0) is 27.3. The first-order valence-electron chi connectivity index (χ1n) is 11.7. The maximum Gasteiger partial charge on any atom is 0.338 e. The van der Waals surface area contributed by atoms with Crippen molar-refractivity contribution in [2.24, 2.45) is 0 Å². The number of esters is 3. The first-order chi connectivity index (χ1) is 18.3. The molecule has 0 aliphatic carbocycles. The Balaban J connectivity index is 1.84. The molecule has 3 aromatic carbocycles.